The Morgan fingerprint density at radius 3 is 3.11 bits per heavy atom. The van der Waals surface area contributed by atoms with Crippen LogP contribution in [0.1, 0.15) is 23.8 Å². The molecule has 0 spiro atoms. The van der Waals surface area contributed by atoms with Crippen LogP contribution in [0.5, 0.6) is 0 Å². The number of nitrogens with one attached hydrogen (secondary N) is 1. The fraction of sp³-hybridized carbons (Fsp3) is 0.231. The molecule has 3 rings (SSSR count). The lowest BCUT2D eigenvalue weighted by molar-refractivity contribution is 0.0948. The van der Waals surface area contributed by atoms with Gasteiger partial charge in [-0.05, 0) is 17.9 Å². The van der Waals surface area contributed by atoms with Gasteiger partial charge in [0, 0.05) is 18.1 Å². The van der Waals surface area contributed by atoms with Crippen LogP contribution in [0.3, 0.4) is 0 Å². The highest BCUT2D eigenvalue weighted by atomic mass is 32.1. The summed E-state index contributed by atoms with van der Waals surface area (Å²) in [7, 11) is 0. The molecular formula is C13H13N3OS2. The molecule has 0 fully saturated rings. The molecule has 0 radical (unpaired) electrons. The highest BCUT2D eigenvalue weighted by molar-refractivity contribution is 7.15. The van der Waals surface area contributed by atoms with Crippen molar-refractivity contribution in [1.29, 1.82) is 0 Å². The molecule has 0 unspecified atom stereocenters. The number of rotatable bonds is 4. The SMILES string of the molecule is CCCNC(=O)c1csc2nc(-c3cccs3)cn12. The summed E-state index contributed by atoms with van der Waals surface area (Å²) in [5.41, 5.74) is 1.58. The second-order valence-corrected chi connectivity index (χ2v) is 5.92. The number of hydrogen-bond acceptors (Lipinski definition) is 4. The van der Waals surface area contributed by atoms with Crippen LogP contribution in [-0.4, -0.2) is 21.8 Å². The van der Waals surface area contributed by atoms with E-state index in [1.54, 1.807) is 11.3 Å². The molecule has 0 bridgehead atoms. The summed E-state index contributed by atoms with van der Waals surface area (Å²) in [4.78, 5) is 18.5. The second-order valence-electron chi connectivity index (χ2n) is 4.13. The van der Waals surface area contributed by atoms with E-state index >= 15 is 0 Å². The molecule has 19 heavy (non-hydrogen) atoms. The third-order valence-corrected chi connectivity index (χ3v) is 4.48. The van der Waals surface area contributed by atoms with Crippen LogP contribution < -0.4 is 5.32 Å². The second kappa shape index (κ2) is 5.14. The van der Waals surface area contributed by atoms with E-state index in [0.717, 1.165) is 22.0 Å². The minimum atomic E-state index is -0.0387. The van der Waals surface area contributed by atoms with Crippen molar-refractivity contribution in [3.05, 3.63) is 34.8 Å². The van der Waals surface area contributed by atoms with Crippen molar-refractivity contribution in [2.75, 3.05) is 6.54 Å². The molecule has 1 amide bonds. The van der Waals surface area contributed by atoms with Gasteiger partial charge in [0.2, 0.25) is 0 Å². The van der Waals surface area contributed by atoms with Gasteiger partial charge in [0.25, 0.3) is 5.91 Å². The summed E-state index contributed by atoms with van der Waals surface area (Å²) >= 11 is 3.14. The molecule has 3 aromatic rings. The van der Waals surface area contributed by atoms with Gasteiger partial charge >= 0.3 is 0 Å². The summed E-state index contributed by atoms with van der Waals surface area (Å²) in [6.45, 7) is 2.73. The quantitative estimate of drug-likeness (QED) is 0.802. The number of imidazole rings is 1. The van der Waals surface area contributed by atoms with Gasteiger partial charge in [-0.2, -0.15) is 0 Å². The number of aromatic nitrogens is 2. The van der Waals surface area contributed by atoms with Gasteiger partial charge in [0.05, 0.1) is 4.88 Å². The number of amides is 1. The Bertz CT molecular complexity index is 697. The number of thiophene rings is 1. The molecular weight excluding hydrogens is 278 g/mol. The Morgan fingerprint density at radius 2 is 2.37 bits per heavy atom. The lowest BCUT2D eigenvalue weighted by Crippen LogP contribution is -2.25. The van der Waals surface area contributed by atoms with Crippen molar-refractivity contribution in [2.45, 2.75) is 13.3 Å². The number of nitrogens with zero attached hydrogens (tertiary/aromatic N) is 2. The normalized spacial score (nSPS) is 11.0. The van der Waals surface area contributed by atoms with E-state index in [-0.39, 0.29) is 5.91 Å². The zero-order valence-electron chi connectivity index (χ0n) is 10.4. The Morgan fingerprint density at radius 1 is 1.47 bits per heavy atom. The zero-order chi connectivity index (χ0) is 13.2. The third-order valence-electron chi connectivity index (χ3n) is 2.75. The van der Waals surface area contributed by atoms with E-state index in [2.05, 4.69) is 10.3 Å². The molecule has 0 saturated heterocycles. The molecule has 0 aliphatic heterocycles. The molecule has 3 aromatic heterocycles. The molecule has 0 aliphatic carbocycles. The molecule has 0 saturated carbocycles. The maximum Gasteiger partial charge on any atom is 0.269 e. The van der Waals surface area contributed by atoms with E-state index in [9.17, 15) is 4.79 Å². The van der Waals surface area contributed by atoms with Gasteiger partial charge in [-0.1, -0.05) is 13.0 Å². The minimum absolute atomic E-state index is 0.0387. The number of fused-ring (bicyclic) bond motifs is 1. The molecule has 98 valence electrons. The molecule has 0 atom stereocenters. The summed E-state index contributed by atoms with van der Waals surface area (Å²) in [6, 6.07) is 4.04. The lowest BCUT2D eigenvalue weighted by atomic mass is 10.4. The smallest absolute Gasteiger partial charge is 0.269 e. The predicted octanol–water partition coefficient (Wildman–Crippen LogP) is 3.26. The minimum Gasteiger partial charge on any atom is -0.351 e. The van der Waals surface area contributed by atoms with Gasteiger partial charge < -0.3 is 5.32 Å². The molecule has 1 N–H and O–H groups in total. The van der Waals surface area contributed by atoms with Crippen LogP contribution in [-0.2, 0) is 0 Å². The average molecular weight is 291 g/mol. The largest absolute Gasteiger partial charge is 0.351 e. The van der Waals surface area contributed by atoms with Crippen molar-refractivity contribution in [1.82, 2.24) is 14.7 Å². The Hall–Kier alpha value is -1.66. The summed E-state index contributed by atoms with van der Waals surface area (Å²) in [5.74, 6) is -0.0387. The molecule has 0 aliphatic rings. The van der Waals surface area contributed by atoms with E-state index in [4.69, 9.17) is 0 Å². The van der Waals surface area contributed by atoms with Crippen molar-refractivity contribution < 1.29 is 4.79 Å². The van der Waals surface area contributed by atoms with Gasteiger partial charge in [0.1, 0.15) is 11.4 Å². The number of thiazole rings is 1. The zero-order valence-corrected chi connectivity index (χ0v) is 12.1. The first-order chi connectivity index (χ1) is 9.29. The van der Waals surface area contributed by atoms with Crippen molar-refractivity contribution >= 4 is 33.5 Å². The fourth-order valence-electron chi connectivity index (χ4n) is 1.82. The molecule has 6 heteroatoms. The van der Waals surface area contributed by atoms with Crippen LogP contribution in [0, 0.1) is 0 Å². The Kier molecular flexibility index (Phi) is 3.35. The van der Waals surface area contributed by atoms with E-state index in [1.807, 2.05) is 40.4 Å². The Labute approximate surface area is 118 Å². The average Bonchev–Trinajstić information content (AvgIpc) is 3.09. The highest BCUT2D eigenvalue weighted by Gasteiger charge is 2.14. The summed E-state index contributed by atoms with van der Waals surface area (Å²) in [6.07, 6.45) is 2.86. The van der Waals surface area contributed by atoms with Gasteiger partial charge in [0.15, 0.2) is 4.96 Å². The maximum absolute atomic E-state index is 12.0. The molecule has 0 aromatic carbocycles. The predicted molar refractivity (Wildman–Crippen MR) is 79.0 cm³/mol. The maximum atomic E-state index is 12.0. The van der Waals surface area contributed by atoms with Gasteiger partial charge in [-0.25, -0.2) is 4.98 Å². The fourth-order valence-corrected chi connectivity index (χ4v) is 3.35. The number of carbonyl (C=O) groups is 1. The first kappa shape index (κ1) is 12.4. The van der Waals surface area contributed by atoms with Crippen LogP contribution in [0.25, 0.3) is 15.5 Å². The monoisotopic (exact) mass is 291 g/mol. The first-order valence-electron chi connectivity index (χ1n) is 6.08. The standard InChI is InChI=1S/C13H13N3OS2/c1-2-5-14-12(17)10-8-19-13-15-9(7-16(10)13)11-4-3-6-18-11/h3-4,6-8H,2,5H2,1H3,(H,14,17). The van der Waals surface area contributed by atoms with Gasteiger partial charge in [-0.3, -0.25) is 9.20 Å². The molecule has 4 nitrogen and oxygen atoms in total. The van der Waals surface area contributed by atoms with Crippen LogP contribution >= 0.6 is 22.7 Å². The van der Waals surface area contributed by atoms with E-state index < -0.39 is 0 Å². The third kappa shape index (κ3) is 2.29. The topological polar surface area (TPSA) is 46.4 Å². The van der Waals surface area contributed by atoms with Crippen molar-refractivity contribution in [3.63, 3.8) is 0 Å². The number of hydrogen-bond donors (Lipinski definition) is 1. The van der Waals surface area contributed by atoms with E-state index in [0.29, 0.717) is 12.2 Å². The summed E-state index contributed by atoms with van der Waals surface area (Å²) in [5, 5.41) is 6.77. The highest BCUT2D eigenvalue weighted by Crippen LogP contribution is 2.26. The van der Waals surface area contributed by atoms with Gasteiger partial charge in [-0.15, -0.1) is 22.7 Å². The van der Waals surface area contributed by atoms with Crippen molar-refractivity contribution in [2.24, 2.45) is 0 Å². The summed E-state index contributed by atoms with van der Waals surface area (Å²) < 4.78 is 1.87. The van der Waals surface area contributed by atoms with Crippen LogP contribution in [0.2, 0.25) is 0 Å². The Balaban J connectivity index is 1.96. The van der Waals surface area contributed by atoms with Crippen LogP contribution in [0.15, 0.2) is 29.1 Å². The number of carbonyl (C=O) groups excluding carboxylic acids is 1. The molecule has 3 heterocycles. The van der Waals surface area contributed by atoms with Crippen molar-refractivity contribution in [3.8, 4) is 10.6 Å². The lowest BCUT2D eigenvalue weighted by Gasteiger charge is -2.01. The van der Waals surface area contributed by atoms with Crippen LogP contribution in [0.4, 0.5) is 0 Å². The first-order valence-corrected chi connectivity index (χ1v) is 7.84. The van der Waals surface area contributed by atoms with E-state index in [1.165, 1.54) is 11.3 Å².